The molecule has 0 atom stereocenters. The second-order valence-electron chi connectivity index (χ2n) is 5.62. The fraction of sp³-hybridized carbons (Fsp3) is 0.167. The Hall–Kier alpha value is -2.44. The van der Waals surface area contributed by atoms with Gasteiger partial charge in [-0.15, -0.1) is 11.3 Å². The highest BCUT2D eigenvalue weighted by Crippen LogP contribution is 2.24. The lowest BCUT2D eigenvalue weighted by molar-refractivity contribution is 0.293. The van der Waals surface area contributed by atoms with Gasteiger partial charge in [-0.1, -0.05) is 29.3 Å². The number of aryl methyl sites for hydroxylation is 2. The van der Waals surface area contributed by atoms with Gasteiger partial charge in [0.2, 0.25) is 5.88 Å². The minimum atomic E-state index is 0.310. The number of nitrogens with zero attached hydrogens (tertiary/aromatic N) is 4. The summed E-state index contributed by atoms with van der Waals surface area (Å²) in [5.41, 5.74) is 3.80. The van der Waals surface area contributed by atoms with Crippen LogP contribution in [0.4, 0.5) is 0 Å². The van der Waals surface area contributed by atoms with Crippen molar-refractivity contribution in [2.24, 2.45) is 0 Å². The van der Waals surface area contributed by atoms with Gasteiger partial charge < -0.3 is 4.74 Å². The molecule has 0 spiro atoms. The maximum Gasteiger partial charge on any atom is 0.224 e. The topological polar surface area (TPSA) is 52.8 Å². The fourth-order valence-corrected chi connectivity index (χ4v) is 3.36. The van der Waals surface area contributed by atoms with E-state index in [1.165, 1.54) is 16.9 Å². The molecule has 0 amide bonds. The lowest BCUT2D eigenvalue weighted by Crippen LogP contribution is -2.00. The number of halogens is 1. The van der Waals surface area contributed by atoms with E-state index in [1.54, 1.807) is 6.20 Å². The van der Waals surface area contributed by atoms with Crippen LogP contribution < -0.4 is 4.74 Å². The van der Waals surface area contributed by atoms with Crippen molar-refractivity contribution in [1.29, 1.82) is 0 Å². The van der Waals surface area contributed by atoms with Gasteiger partial charge in [0.25, 0.3) is 0 Å². The van der Waals surface area contributed by atoms with E-state index in [1.807, 2.05) is 29.8 Å². The molecule has 1 aromatic carbocycles. The largest absolute Gasteiger partial charge is 0.470 e. The first-order valence-corrected chi connectivity index (χ1v) is 8.88. The van der Waals surface area contributed by atoms with Crippen LogP contribution in [0.3, 0.4) is 0 Å². The number of benzene rings is 1. The predicted octanol–water partition coefficient (Wildman–Crippen LogP) is 4.53. The Morgan fingerprint density at radius 3 is 2.76 bits per heavy atom. The minimum absolute atomic E-state index is 0.310. The van der Waals surface area contributed by atoms with Crippen LogP contribution in [0.25, 0.3) is 16.7 Å². The van der Waals surface area contributed by atoms with Crippen LogP contribution in [0.2, 0.25) is 4.34 Å². The molecule has 4 aromatic rings. The van der Waals surface area contributed by atoms with E-state index in [0.717, 1.165) is 27.4 Å². The quantitative estimate of drug-likeness (QED) is 0.530. The number of aromatic nitrogens is 4. The Balaban J connectivity index is 1.68. The van der Waals surface area contributed by atoms with Crippen LogP contribution in [0.5, 0.6) is 5.88 Å². The van der Waals surface area contributed by atoms with Crippen LogP contribution >= 0.6 is 22.9 Å². The lowest BCUT2D eigenvalue weighted by Gasteiger charge is -2.05. The molecule has 25 heavy (non-hydrogen) atoms. The number of pyridine rings is 1. The number of rotatable bonds is 4. The molecule has 0 saturated heterocycles. The van der Waals surface area contributed by atoms with Crippen LogP contribution in [0.15, 0.2) is 36.5 Å². The third-order valence-electron chi connectivity index (χ3n) is 3.77. The monoisotopic (exact) mass is 369 g/mol. The summed E-state index contributed by atoms with van der Waals surface area (Å²) in [6.45, 7) is 4.32. The van der Waals surface area contributed by atoms with Gasteiger partial charge >= 0.3 is 0 Å². The maximum absolute atomic E-state index is 5.89. The smallest absolute Gasteiger partial charge is 0.224 e. The highest BCUT2D eigenvalue weighted by Gasteiger charge is 2.12. The third-order valence-corrected chi connectivity index (χ3v) is 4.85. The molecule has 0 bridgehead atoms. The summed E-state index contributed by atoms with van der Waals surface area (Å²) in [5, 5.41) is 6.35. The highest BCUT2D eigenvalue weighted by molar-refractivity contribution is 7.15. The van der Waals surface area contributed by atoms with Gasteiger partial charge in [-0.25, -0.2) is 9.67 Å². The van der Waals surface area contributed by atoms with Gasteiger partial charge in [0.05, 0.1) is 23.6 Å². The molecular weight excluding hydrogens is 356 g/mol. The molecule has 0 aliphatic heterocycles. The Morgan fingerprint density at radius 1 is 1.24 bits per heavy atom. The number of hydrogen-bond donors (Lipinski definition) is 0. The highest BCUT2D eigenvalue weighted by atomic mass is 35.5. The molecule has 0 saturated carbocycles. The molecule has 7 heteroatoms. The van der Waals surface area contributed by atoms with E-state index >= 15 is 0 Å². The molecule has 0 fully saturated rings. The van der Waals surface area contributed by atoms with Crippen LogP contribution in [-0.4, -0.2) is 19.7 Å². The molecule has 3 heterocycles. The van der Waals surface area contributed by atoms with E-state index in [4.69, 9.17) is 16.3 Å². The van der Waals surface area contributed by atoms with Crippen LogP contribution in [-0.2, 0) is 6.61 Å². The molecule has 0 N–H and O–H groups in total. The first-order chi connectivity index (χ1) is 12.1. The lowest BCUT2D eigenvalue weighted by atomic mass is 10.2. The second kappa shape index (κ2) is 6.46. The van der Waals surface area contributed by atoms with Gasteiger partial charge in [0.1, 0.15) is 16.0 Å². The molecule has 4 rings (SSSR count). The summed E-state index contributed by atoms with van der Waals surface area (Å²) >= 11 is 7.27. The zero-order valence-corrected chi connectivity index (χ0v) is 15.2. The summed E-state index contributed by atoms with van der Waals surface area (Å²) < 4.78 is 8.18. The standard InChI is InChI=1S/C18H14ClN4OS/c1-11-3-5-13(6-4-11)23-18-14(12(2)22-23)7-8-16(21-18)24-10-17-20-9-15(19)25-17/h3-7,9H,10H2,1-2H3. The van der Waals surface area contributed by atoms with Crippen molar-refractivity contribution >= 4 is 34.0 Å². The van der Waals surface area contributed by atoms with E-state index in [2.05, 4.69) is 40.2 Å². The van der Waals surface area contributed by atoms with E-state index in [-0.39, 0.29) is 0 Å². The number of thiazole rings is 1. The summed E-state index contributed by atoms with van der Waals surface area (Å²) in [6, 6.07) is 13.1. The molecule has 125 valence electrons. The van der Waals surface area contributed by atoms with Gasteiger partial charge in [-0.3, -0.25) is 0 Å². The van der Waals surface area contributed by atoms with Crippen molar-refractivity contribution in [3.63, 3.8) is 0 Å². The van der Waals surface area contributed by atoms with Gasteiger partial charge in [-0.05, 0) is 32.0 Å². The number of ether oxygens (including phenoxy) is 1. The zero-order chi connectivity index (χ0) is 17.4. The SMILES string of the molecule is Cc1ccc(-n2nc(C)c3c[c]c(OCc4ncc(Cl)s4)nc32)cc1. The Morgan fingerprint density at radius 2 is 2.04 bits per heavy atom. The second-order valence-corrected chi connectivity index (χ2v) is 7.37. The van der Waals surface area contributed by atoms with Crippen molar-refractivity contribution in [3.8, 4) is 11.6 Å². The number of fused-ring (bicyclic) bond motifs is 1. The molecule has 3 aromatic heterocycles. The zero-order valence-electron chi connectivity index (χ0n) is 13.7. The van der Waals surface area contributed by atoms with E-state index in [9.17, 15) is 0 Å². The summed E-state index contributed by atoms with van der Waals surface area (Å²) in [6.07, 6.45) is 1.61. The van der Waals surface area contributed by atoms with Crippen LogP contribution in [0, 0.1) is 19.9 Å². The Labute approximate surface area is 153 Å². The Kier molecular flexibility index (Phi) is 4.15. The van der Waals surface area contributed by atoms with Crippen molar-refractivity contribution < 1.29 is 4.74 Å². The normalized spacial score (nSPS) is 11.2. The maximum atomic E-state index is 5.89. The van der Waals surface area contributed by atoms with E-state index < -0.39 is 0 Å². The third kappa shape index (κ3) is 3.23. The van der Waals surface area contributed by atoms with Gasteiger partial charge in [0, 0.05) is 5.39 Å². The summed E-state index contributed by atoms with van der Waals surface area (Å²) in [4.78, 5) is 8.76. The van der Waals surface area contributed by atoms with Gasteiger partial charge in [-0.2, -0.15) is 10.1 Å². The summed E-state index contributed by atoms with van der Waals surface area (Å²) in [7, 11) is 0. The van der Waals surface area contributed by atoms with Crippen molar-refractivity contribution in [2.75, 3.05) is 0 Å². The molecule has 5 nitrogen and oxygen atoms in total. The first-order valence-electron chi connectivity index (χ1n) is 7.68. The molecule has 1 radical (unpaired) electrons. The van der Waals surface area contributed by atoms with E-state index in [0.29, 0.717) is 16.8 Å². The Bertz CT molecular complexity index is 1040. The summed E-state index contributed by atoms with van der Waals surface area (Å²) in [5.74, 6) is 0.409. The average Bonchev–Trinajstić information content (AvgIpc) is 3.17. The van der Waals surface area contributed by atoms with Crippen molar-refractivity contribution in [1.82, 2.24) is 19.7 Å². The molecule has 0 aliphatic carbocycles. The van der Waals surface area contributed by atoms with Crippen LogP contribution in [0.1, 0.15) is 16.3 Å². The molecular formula is C18H14ClN4OS. The van der Waals surface area contributed by atoms with Gasteiger partial charge in [0.15, 0.2) is 5.65 Å². The predicted molar refractivity (Wildman–Crippen MR) is 98.6 cm³/mol. The average molecular weight is 370 g/mol. The molecule has 0 unspecified atom stereocenters. The molecule has 0 aliphatic rings. The fourth-order valence-electron chi connectivity index (χ4n) is 2.49. The minimum Gasteiger partial charge on any atom is -0.470 e. The first kappa shape index (κ1) is 16.1. The number of hydrogen-bond acceptors (Lipinski definition) is 5. The van der Waals surface area contributed by atoms with Crippen molar-refractivity contribution in [3.05, 3.63) is 63.2 Å². The van der Waals surface area contributed by atoms with Crippen molar-refractivity contribution in [2.45, 2.75) is 20.5 Å².